The third-order valence-corrected chi connectivity index (χ3v) is 3.77. The molecule has 1 amide bonds. The first-order chi connectivity index (χ1) is 9.92. The van der Waals surface area contributed by atoms with Gasteiger partial charge in [-0.15, -0.1) is 0 Å². The number of carbonyl (C=O) groups is 2. The summed E-state index contributed by atoms with van der Waals surface area (Å²) in [5, 5.41) is 0.189. The van der Waals surface area contributed by atoms with Crippen molar-refractivity contribution in [3.8, 4) is 0 Å². The lowest BCUT2D eigenvalue weighted by Crippen LogP contribution is -2.37. The van der Waals surface area contributed by atoms with Crippen molar-refractivity contribution >= 4 is 46.7 Å². The average Bonchev–Trinajstić information content (AvgIpc) is 2.44. The van der Waals surface area contributed by atoms with Gasteiger partial charge in [0.05, 0.1) is 21.7 Å². The summed E-state index contributed by atoms with van der Waals surface area (Å²) in [6, 6.07) is 0. The van der Waals surface area contributed by atoms with Crippen molar-refractivity contribution in [1.82, 2.24) is 9.88 Å². The van der Waals surface area contributed by atoms with E-state index < -0.39 is 11.9 Å². The summed E-state index contributed by atoms with van der Waals surface area (Å²) in [5.41, 5.74) is -0.0381. The number of carbonyl (C=O) groups excluding carboxylic acids is 2. The molecular weight excluding hydrogens is 339 g/mol. The van der Waals surface area contributed by atoms with Gasteiger partial charge in [-0.3, -0.25) is 9.59 Å². The standard InChI is InChI=1S/C13H15Cl3N2O3/c1-3-5-18(7-9(19)21-4-2)13(20)12-11(16)10(15)8(14)6-17-12/h6H,3-5,7H2,1-2H3. The fraction of sp³-hybridized carbons (Fsp3) is 0.462. The van der Waals surface area contributed by atoms with Gasteiger partial charge in [0.15, 0.2) is 0 Å². The molecule has 0 bridgehead atoms. The lowest BCUT2D eigenvalue weighted by molar-refractivity contribution is -0.143. The molecule has 21 heavy (non-hydrogen) atoms. The zero-order valence-corrected chi connectivity index (χ0v) is 13.9. The molecule has 1 aromatic heterocycles. The molecule has 0 spiro atoms. The molecule has 0 aliphatic carbocycles. The zero-order valence-electron chi connectivity index (χ0n) is 11.7. The second kappa shape index (κ2) is 8.41. The number of hydrogen-bond acceptors (Lipinski definition) is 4. The first-order valence-corrected chi connectivity index (χ1v) is 7.50. The third-order valence-electron chi connectivity index (χ3n) is 2.53. The van der Waals surface area contributed by atoms with Crippen LogP contribution >= 0.6 is 34.8 Å². The van der Waals surface area contributed by atoms with Crippen molar-refractivity contribution < 1.29 is 14.3 Å². The van der Waals surface area contributed by atoms with Crippen molar-refractivity contribution in [3.63, 3.8) is 0 Å². The SMILES string of the molecule is CCCN(CC(=O)OCC)C(=O)c1ncc(Cl)c(Cl)c1Cl. The maximum atomic E-state index is 12.4. The van der Waals surface area contributed by atoms with E-state index in [1.807, 2.05) is 6.92 Å². The molecule has 0 aliphatic rings. The highest BCUT2D eigenvalue weighted by Gasteiger charge is 2.24. The van der Waals surface area contributed by atoms with Gasteiger partial charge in [0.25, 0.3) is 5.91 Å². The van der Waals surface area contributed by atoms with Crippen LogP contribution in [0.3, 0.4) is 0 Å². The number of pyridine rings is 1. The molecule has 1 aromatic rings. The number of ether oxygens (including phenoxy) is 1. The molecule has 0 saturated heterocycles. The van der Waals surface area contributed by atoms with Gasteiger partial charge in [-0.25, -0.2) is 4.98 Å². The average molecular weight is 354 g/mol. The van der Waals surface area contributed by atoms with Crippen molar-refractivity contribution in [2.45, 2.75) is 20.3 Å². The van der Waals surface area contributed by atoms with Gasteiger partial charge in [-0.2, -0.15) is 0 Å². The molecule has 0 saturated carbocycles. The van der Waals surface area contributed by atoms with Gasteiger partial charge in [0.1, 0.15) is 12.2 Å². The maximum Gasteiger partial charge on any atom is 0.325 e. The van der Waals surface area contributed by atoms with E-state index in [1.54, 1.807) is 6.92 Å². The summed E-state index contributed by atoms with van der Waals surface area (Å²) in [5.74, 6) is -0.982. The Balaban J connectivity index is 3.01. The van der Waals surface area contributed by atoms with Crippen molar-refractivity contribution in [3.05, 3.63) is 27.0 Å². The van der Waals surface area contributed by atoms with E-state index in [4.69, 9.17) is 39.5 Å². The Morgan fingerprint density at radius 3 is 2.48 bits per heavy atom. The topological polar surface area (TPSA) is 59.5 Å². The van der Waals surface area contributed by atoms with Crippen LogP contribution in [-0.2, 0) is 9.53 Å². The molecule has 0 radical (unpaired) electrons. The van der Waals surface area contributed by atoms with E-state index in [9.17, 15) is 9.59 Å². The predicted octanol–water partition coefficient (Wildman–Crippen LogP) is 3.46. The first kappa shape index (κ1) is 18.0. The van der Waals surface area contributed by atoms with Crippen LogP contribution in [0, 0.1) is 0 Å². The number of hydrogen-bond donors (Lipinski definition) is 0. The number of esters is 1. The minimum absolute atomic E-state index is 0.0286. The molecule has 0 aliphatic heterocycles. The van der Waals surface area contributed by atoms with E-state index in [1.165, 1.54) is 11.1 Å². The van der Waals surface area contributed by atoms with E-state index >= 15 is 0 Å². The lowest BCUT2D eigenvalue weighted by Gasteiger charge is -2.21. The molecule has 116 valence electrons. The summed E-state index contributed by atoms with van der Waals surface area (Å²) in [6.45, 7) is 4.03. The summed E-state index contributed by atoms with van der Waals surface area (Å²) in [4.78, 5) is 29.2. The van der Waals surface area contributed by atoms with E-state index in [2.05, 4.69) is 4.98 Å². The van der Waals surface area contributed by atoms with Crippen LogP contribution in [0.1, 0.15) is 30.8 Å². The quantitative estimate of drug-likeness (QED) is 0.735. The normalized spacial score (nSPS) is 10.3. The van der Waals surface area contributed by atoms with Crippen LogP contribution in [0.25, 0.3) is 0 Å². The number of rotatable bonds is 6. The molecule has 0 aromatic carbocycles. The molecule has 8 heteroatoms. The molecular formula is C13H15Cl3N2O3. The van der Waals surface area contributed by atoms with Crippen molar-refractivity contribution in [2.24, 2.45) is 0 Å². The highest BCUT2D eigenvalue weighted by molar-refractivity contribution is 6.48. The number of nitrogens with zero attached hydrogens (tertiary/aromatic N) is 2. The van der Waals surface area contributed by atoms with Gasteiger partial charge < -0.3 is 9.64 Å². The van der Waals surface area contributed by atoms with E-state index in [0.717, 1.165) is 0 Å². The second-order valence-corrected chi connectivity index (χ2v) is 5.28. The van der Waals surface area contributed by atoms with Crippen molar-refractivity contribution in [2.75, 3.05) is 19.7 Å². The summed E-state index contributed by atoms with van der Waals surface area (Å²) in [6.07, 6.45) is 1.92. The molecule has 5 nitrogen and oxygen atoms in total. The summed E-state index contributed by atoms with van der Waals surface area (Å²) >= 11 is 17.7. The van der Waals surface area contributed by atoms with Crippen LogP contribution in [0.2, 0.25) is 15.1 Å². The fourth-order valence-corrected chi connectivity index (χ4v) is 2.19. The predicted molar refractivity (Wildman–Crippen MR) is 82.1 cm³/mol. The van der Waals surface area contributed by atoms with Crippen LogP contribution in [0.5, 0.6) is 0 Å². The third kappa shape index (κ3) is 4.73. The minimum Gasteiger partial charge on any atom is -0.465 e. The van der Waals surface area contributed by atoms with Crippen LogP contribution in [0.4, 0.5) is 0 Å². The lowest BCUT2D eigenvalue weighted by atomic mass is 10.3. The number of amides is 1. The Morgan fingerprint density at radius 1 is 1.24 bits per heavy atom. The van der Waals surface area contributed by atoms with Crippen LogP contribution < -0.4 is 0 Å². The van der Waals surface area contributed by atoms with E-state index in [-0.39, 0.29) is 33.9 Å². The summed E-state index contributed by atoms with van der Waals surface area (Å²) in [7, 11) is 0. The maximum absolute atomic E-state index is 12.4. The Kier molecular flexibility index (Phi) is 7.22. The smallest absolute Gasteiger partial charge is 0.325 e. The Bertz CT molecular complexity index is 538. The van der Waals surface area contributed by atoms with Crippen molar-refractivity contribution in [1.29, 1.82) is 0 Å². The molecule has 0 N–H and O–H groups in total. The Morgan fingerprint density at radius 2 is 1.90 bits per heavy atom. The van der Waals surface area contributed by atoms with Gasteiger partial charge in [-0.1, -0.05) is 41.7 Å². The van der Waals surface area contributed by atoms with Gasteiger partial charge in [0.2, 0.25) is 0 Å². The molecule has 1 heterocycles. The first-order valence-electron chi connectivity index (χ1n) is 6.36. The monoisotopic (exact) mass is 352 g/mol. The van der Waals surface area contributed by atoms with E-state index in [0.29, 0.717) is 13.0 Å². The molecule has 1 rings (SSSR count). The molecule has 0 unspecified atom stereocenters. The van der Waals surface area contributed by atoms with Gasteiger partial charge >= 0.3 is 5.97 Å². The summed E-state index contributed by atoms with van der Waals surface area (Å²) < 4.78 is 4.84. The number of aromatic nitrogens is 1. The number of halogens is 3. The Hall–Kier alpha value is -1.04. The fourth-order valence-electron chi connectivity index (χ4n) is 1.63. The van der Waals surface area contributed by atoms with Gasteiger partial charge in [0, 0.05) is 12.7 Å². The van der Waals surface area contributed by atoms with Crippen LogP contribution in [-0.4, -0.2) is 41.5 Å². The minimum atomic E-state index is -0.492. The second-order valence-electron chi connectivity index (χ2n) is 4.11. The van der Waals surface area contributed by atoms with Crippen LogP contribution in [0.15, 0.2) is 6.20 Å². The Labute approximate surface area is 138 Å². The molecule has 0 fully saturated rings. The van der Waals surface area contributed by atoms with Gasteiger partial charge in [-0.05, 0) is 13.3 Å². The highest BCUT2D eigenvalue weighted by atomic mass is 35.5. The largest absolute Gasteiger partial charge is 0.465 e. The molecule has 0 atom stereocenters. The zero-order chi connectivity index (χ0) is 16.0. The highest BCUT2D eigenvalue weighted by Crippen LogP contribution is 2.31.